The molecular weight excluding hydrogens is 350 g/mol. The van der Waals surface area contributed by atoms with Gasteiger partial charge in [-0.1, -0.05) is 24.1 Å². The van der Waals surface area contributed by atoms with Crippen molar-refractivity contribution < 1.29 is 18.3 Å². The lowest BCUT2D eigenvalue weighted by atomic mass is 10.1. The Morgan fingerprint density at radius 1 is 1.22 bits per heavy atom. The van der Waals surface area contributed by atoms with E-state index < -0.39 is 17.7 Å². The van der Waals surface area contributed by atoms with Gasteiger partial charge in [0.2, 0.25) is 0 Å². The summed E-state index contributed by atoms with van der Waals surface area (Å²) in [6.45, 7) is 2.41. The standard InChI is InChI=1S/C21H22F2N2O2/c1-4-13-27-18-8-5-16(6-9-18)11-12-24-21(26)25(3)15(2)17-7-10-19(22)20(23)14-17/h1,5-10,14-15H,11-13H2,2-3H3,(H,24,26). The van der Waals surface area contributed by atoms with Crippen molar-refractivity contribution in [3.63, 3.8) is 0 Å². The molecule has 0 saturated heterocycles. The summed E-state index contributed by atoms with van der Waals surface area (Å²) in [7, 11) is 1.61. The second-order valence-corrected chi connectivity index (χ2v) is 6.08. The Morgan fingerprint density at radius 3 is 2.56 bits per heavy atom. The largest absolute Gasteiger partial charge is 0.481 e. The average molecular weight is 372 g/mol. The van der Waals surface area contributed by atoms with Crippen LogP contribution in [0, 0.1) is 24.0 Å². The van der Waals surface area contributed by atoms with E-state index in [-0.39, 0.29) is 12.6 Å². The second kappa shape index (κ2) is 9.58. The van der Waals surface area contributed by atoms with Crippen molar-refractivity contribution in [3.8, 4) is 18.1 Å². The number of hydrogen-bond acceptors (Lipinski definition) is 2. The molecule has 27 heavy (non-hydrogen) atoms. The lowest BCUT2D eigenvalue weighted by molar-refractivity contribution is 0.194. The third-order valence-corrected chi connectivity index (χ3v) is 4.26. The molecule has 0 aliphatic carbocycles. The lowest BCUT2D eigenvalue weighted by Crippen LogP contribution is -2.39. The van der Waals surface area contributed by atoms with Crippen LogP contribution in [-0.2, 0) is 6.42 Å². The number of benzene rings is 2. The van der Waals surface area contributed by atoms with E-state index in [1.165, 1.54) is 11.0 Å². The highest BCUT2D eigenvalue weighted by Gasteiger charge is 2.18. The van der Waals surface area contributed by atoms with Crippen molar-refractivity contribution in [1.82, 2.24) is 10.2 Å². The van der Waals surface area contributed by atoms with Gasteiger partial charge in [-0.2, -0.15) is 0 Å². The van der Waals surface area contributed by atoms with Crippen LogP contribution < -0.4 is 10.1 Å². The van der Waals surface area contributed by atoms with Crippen LogP contribution >= 0.6 is 0 Å². The summed E-state index contributed by atoms with van der Waals surface area (Å²) < 4.78 is 31.7. The van der Waals surface area contributed by atoms with Gasteiger partial charge >= 0.3 is 6.03 Å². The van der Waals surface area contributed by atoms with Crippen LogP contribution in [0.4, 0.5) is 13.6 Å². The van der Waals surface area contributed by atoms with Crippen molar-refractivity contribution in [2.45, 2.75) is 19.4 Å². The number of carbonyl (C=O) groups is 1. The molecule has 0 spiro atoms. The monoisotopic (exact) mass is 372 g/mol. The number of nitrogens with zero attached hydrogens (tertiary/aromatic N) is 1. The highest BCUT2D eigenvalue weighted by molar-refractivity contribution is 5.74. The molecule has 0 aliphatic heterocycles. The molecule has 0 aromatic heterocycles. The zero-order valence-corrected chi connectivity index (χ0v) is 15.3. The fourth-order valence-electron chi connectivity index (χ4n) is 2.49. The molecule has 2 amide bonds. The molecule has 0 fully saturated rings. The molecule has 0 aliphatic rings. The van der Waals surface area contributed by atoms with Crippen molar-refractivity contribution in [2.75, 3.05) is 20.2 Å². The minimum Gasteiger partial charge on any atom is -0.481 e. The van der Waals surface area contributed by atoms with Crippen LogP contribution in [0.15, 0.2) is 42.5 Å². The summed E-state index contributed by atoms with van der Waals surface area (Å²) in [5.41, 5.74) is 1.56. The molecule has 2 rings (SSSR count). The third kappa shape index (κ3) is 5.71. The highest BCUT2D eigenvalue weighted by atomic mass is 19.2. The first-order valence-electron chi connectivity index (χ1n) is 8.53. The van der Waals surface area contributed by atoms with Crippen LogP contribution in [0.1, 0.15) is 24.1 Å². The first-order valence-corrected chi connectivity index (χ1v) is 8.53. The minimum absolute atomic E-state index is 0.220. The maximum Gasteiger partial charge on any atom is 0.317 e. The fourth-order valence-corrected chi connectivity index (χ4v) is 2.49. The number of carbonyl (C=O) groups excluding carboxylic acids is 1. The Hall–Kier alpha value is -3.07. The number of ether oxygens (including phenoxy) is 1. The maximum atomic E-state index is 13.4. The summed E-state index contributed by atoms with van der Waals surface area (Å²) in [4.78, 5) is 13.7. The molecule has 2 aromatic rings. The van der Waals surface area contributed by atoms with Crippen LogP contribution in [0.5, 0.6) is 5.75 Å². The van der Waals surface area contributed by atoms with E-state index in [0.717, 1.165) is 17.7 Å². The topological polar surface area (TPSA) is 41.6 Å². The minimum atomic E-state index is -0.928. The van der Waals surface area contributed by atoms with Crippen molar-refractivity contribution in [1.29, 1.82) is 0 Å². The van der Waals surface area contributed by atoms with E-state index in [1.54, 1.807) is 14.0 Å². The molecule has 1 atom stereocenters. The number of amides is 2. The van der Waals surface area contributed by atoms with Gasteiger partial charge in [-0.05, 0) is 48.7 Å². The molecule has 0 radical (unpaired) electrons. The number of nitrogens with one attached hydrogen (secondary N) is 1. The molecule has 0 bridgehead atoms. The molecular formula is C21H22F2N2O2. The first kappa shape index (κ1) is 20.2. The molecule has 1 unspecified atom stereocenters. The van der Waals surface area contributed by atoms with Gasteiger partial charge in [0.25, 0.3) is 0 Å². The first-order chi connectivity index (χ1) is 12.9. The second-order valence-electron chi connectivity index (χ2n) is 6.08. The Balaban J connectivity index is 1.83. The van der Waals surface area contributed by atoms with Gasteiger partial charge in [-0.3, -0.25) is 0 Å². The zero-order valence-electron chi connectivity index (χ0n) is 15.3. The van der Waals surface area contributed by atoms with E-state index in [0.29, 0.717) is 24.3 Å². The van der Waals surface area contributed by atoms with E-state index in [2.05, 4.69) is 11.2 Å². The van der Waals surface area contributed by atoms with Crippen LogP contribution in [0.3, 0.4) is 0 Å². The molecule has 142 valence electrons. The summed E-state index contributed by atoms with van der Waals surface area (Å²) in [6, 6.07) is 10.4. The fraction of sp³-hybridized carbons (Fsp3) is 0.286. The Kier molecular flexibility index (Phi) is 7.18. The van der Waals surface area contributed by atoms with Gasteiger partial charge < -0.3 is 15.0 Å². The van der Waals surface area contributed by atoms with E-state index >= 15 is 0 Å². The predicted octanol–water partition coefficient (Wildman–Crippen LogP) is 3.92. The summed E-state index contributed by atoms with van der Waals surface area (Å²) >= 11 is 0. The number of urea groups is 1. The predicted molar refractivity (Wildman–Crippen MR) is 100 cm³/mol. The van der Waals surface area contributed by atoms with Crippen molar-refractivity contribution in [2.24, 2.45) is 0 Å². The van der Waals surface area contributed by atoms with Crippen molar-refractivity contribution >= 4 is 6.03 Å². The highest BCUT2D eigenvalue weighted by Crippen LogP contribution is 2.21. The Labute approximate surface area is 158 Å². The van der Waals surface area contributed by atoms with Crippen molar-refractivity contribution in [3.05, 3.63) is 65.2 Å². The van der Waals surface area contributed by atoms with Crippen LogP contribution in [-0.4, -0.2) is 31.1 Å². The smallest absolute Gasteiger partial charge is 0.317 e. The van der Waals surface area contributed by atoms with Gasteiger partial charge in [0.15, 0.2) is 11.6 Å². The van der Waals surface area contributed by atoms with Gasteiger partial charge in [-0.15, -0.1) is 6.42 Å². The number of rotatable bonds is 7. The molecule has 2 aromatic carbocycles. The van der Waals surface area contributed by atoms with E-state index in [4.69, 9.17) is 11.2 Å². The number of hydrogen-bond donors (Lipinski definition) is 1. The zero-order chi connectivity index (χ0) is 19.8. The molecule has 6 heteroatoms. The SMILES string of the molecule is C#CCOc1ccc(CCNC(=O)N(C)C(C)c2ccc(F)c(F)c2)cc1. The molecule has 4 nitrogen and oxygen atoms in total. The number of terminal acetylenes is 1. The summed E-state index contributed by atoms with van der Waals surface area (Å²) in [6.07, 6.45) is 5.79. The van der Waals surface area contributed by atoms with E-state index in [1.807, 2.05) is 24.3 Å². The Bertz CT molecular complexity index is 816. The number of halogens is 2. The Morgan fingerprint density at radius 2 is 1.93 bits per heavy atom. The van der Waals surface area contributed by atoms with Crippen LogP contribution in [0.2, 0.25) is 0 Å². The average Bonchev–Trinajstić information content (AvgIpc) is 2.68. The van der Waals surface area contributed by atoms with Gasteiger partial charge in [0.1, 0.15) is 12.4 Å². The van der Waals surface area contributed by atoms with E-state index in [9.17, 15) is 13.6 Å². The maximum absolute atomic E-state index is 13.4. The summed E-state index contributed by atoms with van der Waals surface area (Å²) in [5.74, 6) is 1.26. The van der Waals surface area contributed by atoms with Gasteiger partial charge in [0, 0.05) is 13.6 Å². The van der Waals surface area contributed by atoms with Crippen LogP contribution in [0.25, 0.3) is 0 Å². The molecule has 0 saturated carbocycles. The van der Waals surface area contributed by atoms with Gasteiger partial charge in [-0.25, -0.2) is 13.6 Å². The van der Waals surface area contributed by atoms with Gasteiger partial charge in [0.05, 0.1) is 6.04 Å². The quantitative estimate of drug-likeness (QED) is 0.749. The third-order valence-electron chi connectivity index (χ3n) is 4.26. The summed E-state index contributed by atoms with van der Waals surface area (Å²) in [5, 5.41) is 2.82. The molecule has 0 heterocycles. The molecule has 1 N–H and O–H groups in total. The lowest BCUT2D eigenvalue weighted by Gasteiger charge is -2.25. The normalized spacial score (nSPS) is 11.4.